The van der Waals surface area contributed by atoms with Crippen LogP contribution in [0.5, 0.6) is 0 Å². The normalized spacial score (nSPS) is 21.7. The second kappa shape index (κ2) is 8.49. The summed E-state index contributed by atoms with van der Waals surface area (Å²) in [5.41, 5.74) is 0.374. The highest BCUT2D eigenvalue weighted by atomic mass is 32.2. The lowest BCUT2D eigenvalue weighted by Crippen LogP contribution is -2.45. The van der Waals surface area contributed by atoms with Gasteiger partial charge in [0.2, 0.25) is 15.9 Å². The molecule has 0 saturated carbocycles. The number of aromatic nitrogens is 1. The van der Waals surface area contributed by atoms with Crippen molar-refractivity contribution in [3.63, 3.8) is 0 Å². The average molecular weight is 388 g/mol. The SMILES string of the molecule is CC[C@@H]1CN(S(=O)(=O)c2c(C)noc2C)CC[C@H]1CC(=O)N(C)CCO. The van der Waals surface area contributed by atoms with Crippen molar-refractivity contribution in [1.82, 2.24) is 14.4 Å². The number of hydrogen-bond donors (Lipinski definition) is 1. The zero-order valence-electron chi connectivity index (χ0n) is 15.9. The molecule has 0 aliphatic carbocycles. The maximum absolute atomic E-state index is 13.0. The summed E-state index contributed by atoms with van der Waals surface area (Å²) in [6, 6.07) is 0. The Balaban J connectivity index is 2.11. The molecular formula is C17H29N3O5S. The van der Waals surface area contributed by atoms with Crippen molar-refractivity contribution in [3.05, 3.63) is 11.5 Å². The van der Waals surface area contributed by atoms with E-state index in [2.05, 4.69) is 5.16 Å². The molecule has 1 saturated heterocycles. The molecule has 148 valence electrons. The minimum atomic E-state index is -3.65. The summed E-state index contributed by atoms with van der Waals surface area (Å²) in [4.78, 5) is 14.0. The first kappa shape index (κ1) is 20.9. The van der Waals surface area contributed by atoms with Crippen LogP contribution < -0.4 is 0 Å². The van der Waals surface area contributed by atoms with E-state index in [1.54, 1.807) is 20.9 Å². The van der Waals surface area contributed by atoms with E-state index >= 15 is 0 Å². The summed E-state index contributed by atoms with van der Waals surface area (Å²) < 4.78 is 32.5. The van der Waals surface area contributed by atoms with Gasteiger partial charge >= 0.3 is 0 Å². The zero-order valence-corrected chi connectivity index (χ0v) is 16.8. The number of amides is 1. The van der Waals surface area contributed by atoms with Crippen LogP contribution in [0.1, 0.15) is 37.6 Å². The number of likely N-dealkylation sites (N-methyl/N-ethyl adjacent to an activating group) is 1. The number of aliphatic hydroxyl groups excluding tert-OH is 1. The summed E-state index contributed by atoms with van der Waals surface area (Å²) in [5, 5.41) is 12.7. The van der Waals surface area contributed by atoms with Gasteiger partial charge in [-0.3, -0.25) is 4.79 Å². The zero-order chi connectivity index (χ0) is 19.5. The first-order valence-corrected chi connectivity index (χ1v) is 10.4. The number of aliphatic hydroxyl groups is 1. The molecule has 1 N–H and O–H groups in total. The van der Waals surface area contributed by atoms with Crippen LogP contribution in [0.25, 0.3) is 0 Å². The highest BCUT2D eigenvalue weighted by Crippen LogP contribution is 2.33. The van der Waals surface area contributed by atoms with Crippen LogP contribution in [0.3, 0.4) is 0 Å². The van der Waals surface area contributed by atoms with E-state index in [1.807, 2.05) is 6.92 Å². The van der Waals surface area contributed by atoms with E-state index in [0.29, 0.717) is 43.9 Å². The number of hydrogen-bond acceptors (Lipinski definition) is 6. The monoisotopic (exact) mass is 387 g/mol. The Hall–Kier alpha value is -1.45. The van der Waals surface area contributed by atoms with Gasteiger partial charge in [-0.1, -0.05) is 18.5 Å². The van der Waals surface area contributed by atoms with E-state index < -0.39 is 10.0 Å². The van der Waals surface area contributed by atoms with Crippen molar-refractivity contribution in [3.8, 4) is 0 Å². The molecular weight excluding hydrogens is 358 g/mol. The van der Waals surface area contributed by atoms with Gasteiger partial charge in [0.1, 0.15) is 10.6 Å². The maximum Gasteiger partial charge on any atom is 0.248 e. The molecule has 0 unspecified atom stereocenters. The van der Waals surface area contributed by atoms with Gasteiger partial charge in [-0.25, -0.2) is 8.42 Å². The Morgan fingerprint density at radius 1 is 1.38 bits per heavy atom. The van der Waals surface area contributed by atoms with Gasteiger partial charge in [-0.05, 0) is 32.1 Å². The Kier molecular flexibility index (Phi) is 6.81. The lowest BCUT2D eigenvalue weighted by atomic mass is 9.82. The van der Waals surface area contributed by atoms with Gasteiger partial charge in [-0.2, -0.15) is 4.31 Å². The Labute approximate surface area is 155 Å². The largest absolute Gasteiger partial charge is 0.395 e. The van der Waals surface area contributed by atoms with Gasteiger partial charge < -0.3 is 14.5 Å². The van der Waals surface area contributed by atoms with E-state index in [1.165, 1.54) is 9.21 Å². The summed E-state index contributed by atoms with van der Waals surface area (Å²) in [6.07, 6.45) is 1.82. The molecule has 2 rings (SSSR count). The molecule has 0 bridgehead atoms. The van der Waals surface area contributed by atoms with E-state index in [9.17, 15) is 13.2 Å². The number of rotatable bonds is 7. The molecule has 2 atom stereocenters. The van der Waals surface area contributed by atoms with E-state index in [-0.39, 0.29) is 29.2 Å². The Bertz CT molecular complexity index is 711. The molecule has 1 aromatic rings. The Morgan fingerprint density at radius 2 is 2.08 bits per heavy atom. The first-order chi connectivity index (χ1) is 12.2. The lowest BCUT2D eigenvalue weighted by Gasteiger charge is -2.37. The third-order valence-electron chi connectivity index (χ3n) is 5.24. The van der Waals surface area contributed by atoms with E-state index in [4.69, 9.17) is 9.63 Å². The van der Waals surface area contributed by atoms with Gasteiger partial charge in [0, 0.05) is 33.1 Å². The predicted octanol–water partition coefficient (Wildman–Crippen LogP) is 1.17. The van der Waals surface area contributed by atoms with Crippen LogP contribution in [-0.2, 0) is 14.8 Å². The van der Waals surface area contributed by atoms with Gasteiger partial charge in [-0.15, -0.1) is 0 Å². The fraction of sp³-hybridized carbons (Fsp3) is 0.765. The van der Waals surface area contributed by atoms with Crippen LogP contribution in [-0.4, -0.2) is 67.1 Å². The smallest absolute Gasteiger partial charge is 0.248 e. The minimum absolute atomic E-state index is 0.00969. The predicted molar refractivity (Wildman–Crippen MR) is 96.0 cm³/mol. The van der Waals surface area contributed by atoms with Crippen LogP contribution >= 0.6 is 0 Å². The fourth-order valence-electron chi connectivity index (χ4n) is 3.62. The topological polar surface area (TPSA) is 104 Å². The number of aryl methyl sites for hydroxylation is 2. The molecule has 0 aromatic carbocycles. The second-order valence-corrected chi connectivity index (χ2v) is 8.85. The van der Waals surface area contributed by atoms with Crippen molar-refractivity contribution in [2.24, 2.45) is 11.8 Å². The highest BCUT2D eigenvalue weighted by molar-refractivity contribution is 7.89. The van der Waals surface area contributed by atoms with Crippen LogP contribution in [0.2, 0.25) is 0 Å². The molecule has 2 heterocycles. The lowest BCUT2D eigenvalue weighted by molar-refractivity contribution is -0.132. The molecule has 1 fully saturated rings. The standard InChI is InChI=1S/C17H29N3O5S/c1-5-14-11-20(26(23,24)17-12(2)18-25-13(17)3)7-6-15(14)10-16(22)19(4)8-9-21/h14-15,21H,5-11H2,1-4H3/t14-,15+/m1/s1. The molecule has 1 amide bonds. The number of nitrogens with zero attached hydrogens (tertiary/aromatic N) is 3. The van der Waals surface area contributed by atoms with E-state index in [0.717, 1.165) is 6.42 Å². The van der Waals surface area contributed by atoms with Gasteiger partial charge in [0.15, 0.2) is 5.76 Å². The number of piperidine rings is 1. The van der Waals surface area contributed by atoms with Gasteiger partial charge in [0.05, 0.1) is 6.61 Å². The molecule has 1 aromatic heterocycles. The average Bonchev–Trinajstić information content (AvgIpc) is 2.94. The first-order valence-electron chi connectivity index (χ1n) is 9.00. The van der Waals surface area contributed by atoms with Gasteiger partial charge in [0.25, 0.3) is 0 Å². The molecule has 0 spiro atoms. The summed E-state index contributed by atoms with van der Waals surface area (Å²) >= 11 is 0. The summed E-state index contributed by atoms with van der Waals surface area (Å²) in [7, 11) is -1.97. The van der Waals surface area contributed by atoms with Crippen molar-refractivity contribution in [2.75, 3.05) is 33.3 Å². The molecule has 9 heteroatoms. The molecule has 26 heavy (non-hydrogen) atoms. The van der Waals surface area contributed by atoms with Crippen molar-refractivity contribution in [1.29, 1.82) is 0 Å². The van der Waals surface area contributed by atoms with Crippen molar-refractivity contribution >= 4 is 15.9 Å². The molecule has 8 nitrogen and oxygen atoms in total. The second-order valence-electron chi connectivity index (χ2n) is 6.98. The highest BCUT2D eigenvalue weighted by Gasteiger charge is 2.38. The Morgan fingerprint density at radius 3 is 2.62 bits per heavy atom. The maximum atomic E-state index is 13.0. The van der Waals surface area contributed by atoms with Crippen LogP contribution in [0.4, 0.5) is 0 Å². The number of sulfonamides is 1. The van der Waals surface area contributed by atoms with Crippen LogP contribution in [0, 0.1) is 25.7 Å². The minimum Gasteiger partial charge on any atom is -0.395 e. The van der Waals surface area contributed by atoms with Crippen LogP contribution in [0.15, 0.2) is 9.42 Å². The van der Waals surface area contributed by atoms with Crippen molar-refractivity contribution < 1.29 is 22.8 Å². The number of carbonyl (C=O) groups is 1. The summed E-state index contributed by atoms with van der Waals surface area (Å²) in [5.74, 6) is 0.554. The molecule has 0 radical (unpaired) electrons. The number of carbonyl (C=O) groups excluding carboxylic acids is 1. The van der Waals surface area contributed by atoms with Crippen molar-refractivity contribution in [2.45, 2.75) is 44.9 Å². The fourth-order valence-corrected chi connectivity index (χ4v) is 5.43. The quantitative estimate of drug-likeness (QED) is 0.753. The molecule has 1 aliphatic rings. The molecule has 1 aliphatic heterocycles. The third kappa shape index (κ3) is 4.27. The summed E-state index contributed by atoms with van der Waals surface area (Å²) in [6.45, 7) is 6.28. The third-order valence-corrected chi connectivity index (χ3v) is 7.35.